The minimum Gasteiger partial charge on any atom is -0.462 e. The van der Waals surface area contributed by atoms with Crippen molar-refractivity contribution in [2.75, 3.05) is 13.2 Å². The van der Waals surface area contributed by atoms with E-state index in [1.165, 1.54) is 74.2 Å². The molecule has 292 valence electrons. The molecule has 0 heterocycles. The molecule has 14 heteroatoms. The summed E-state index contributed by atoms with van der Waals surface area (Å²) in [7, 11) is 0. The van der Waals surface area contributed by atoms with Crippen LogP contribution in [0.25, 0.3) is 0 Å². The summed E-state index contributed by atoms with van der Waals surface area (Å²) in [6.45, 7) is 6.97. The third-order valence-electron chi connectivity index (χ3n) is 13.5. The second kappa shape index (κ2) is 16.3. The molecule has 0 bridgehead atoms. The maximum absolute atomic E-state index is 12.6. The van der Waals surface area contributed by atoms with Crippen molar-refractivity contribution in [3.05, 3.63) is 68.8 Å². The summed E-state index contributed by atoms with van der Waals surface area (Å²) in [6.07, 6.45) is 8.73. The van der Waals surface area contributed by atoms with Crippen molar-refractivity contribution in [1.29, 1.82) is 0 Å². The van der Waals surface area contributed by atoms with Gasteiger partial charge in [0.2, 0.25) is 0 Å². The highest BCUT2D eigenvalue weighted by molar-refractivity contribution is 5.69. The van der Waals surface area contributed by atoms with Gasteiger partial charge in [0.1, 0.15) is 30.8 Å². The summed E-state index contributed by atoms with van der Waals surface area (Å²) in [5.41, 5.74) is 0.230. The molecule has 0 radical (unpaired) electrons. The molecule has 0 aromatic heterocycles. The fraction of sp³-hybridized carbons (Fsp3) is 0.625. The van der Waals surface area contributed by atoms with Gasteiger partial charge in [-0.2, -0.15) is 0 Å². The van der Waals surface area contributed by atoms with Gasteiger partial charge < -0.3 is 23.7 Å². The van der Waals surface area contributed by atoms with Crippen molar-refractivity contribution < 1.29 is 47.9 Å². The van der Waals surface area contributed by atoms with E-state index in [9.17, 15) is 34.6 Å². The lowest BCUT2D eigenvalue weighted by molar-refractivity contribution is -0.385. The van der Waals surface area contributed by atoms with Crippen LogP contribution in [0.3, 0.4) is 0 Å². The van der Waals surface area contributed by atoms with Crippen LogP contribution in [0.15, 0.2) is 48.5 Å². The number of rotatable bonds is 12. The summed E-state index contributed by atoms with van der Waals surface area (Å²) >= 11 is 0. The van der Waals surface area contributed by atoms with Gasteiger partial charge in [0, 0.05) is 30.7 Å². The zero-order chi connectivity index (χ0) is 38.6. The van der Waals surface area contributed by atoms with Gasteiger partial charge in [-0.3, -0.25) is 25.0 Å². The molecule has 4 fully saturated rings. The van der Waals surface area contributed by atoms with Crippen LogP contribution in [0.2, 0.25) is 0 Å². The van der Waals surface area contributed by atoms with Crippen molar-refractivity contribution in [3.63, 3.8) is 0 Å². The van der Waals surface area contributed by atoms with Crippen LogP contribution >= 0.6 is 0 Å². The van der Waals surface area contributed by atoms with E-state index in [-0.39, 0.29) is 59.0 Å². The van der Waals surface area contributed by atoms with E-state index >= 15 is 0 Å². The fourth-order valence-electron chi connectivity index (χ4n) is 10.9. The van der Waals surface area contributed by atoms with Gasteiger partial charge in [-0.05, 0) is 135 Å². The number of hydrogen-bond donors (Lipinski definition) is 0. The Labute approximate surface area is 314 Å². The number of benzene rings is 2. The van der Waals surface area contributed by atoms with E-state index in [4.69, 9.17) is 23.7 Å². The number of nitro groups is 2. The molecule has 54 heavy (non-hydrogen) atoms. The lowest BCUT2D eigenvalue weighted by Crippen LogP contribution is -2.54. The number of non-ortho nitro benzene ring substituents is 2. The first-order valence-electron chi connectivity index (χ1n) is 19.1. The molecule has 2 aromatic rings. The Morgan fingerprint density at radius 2 is 1.31 bits per heavy atom. The molecule has 4 saturated carbocycles. The average Bonchev–Trinajstić information content (AvgIpc) is 3.50. The highest BCUT2D eigenvalue weighted by Gasteiger charge is 2.60. The van der Waals surface area contributed by atoms with E-state index in [0.717, 1.165) is 38.5 Å². The van der Waals surface area contributed by atoms with Crippen LogP contribution < -0.4 is 9.47 Å². The molecule has 14 nitrogen and oxygen atoms in total. The molecule has 0 spiro atoms. The molecule has 0 N–H and O–H groups in total. The summed E-state index contributed by atoms with van der Waals surface area (Å²) in [5.74, 6) is 3.32. The third-order valence-corrected chi connectivity index (χ3v) is 13.5. The van der Waals surface area contributed by atoms with Crippen molar-refractivity contribution in [2.24, 2.45) is 46.3 Å². The maximum Gasteiger partial charge on any atom is 0.514 e. The monoisotopic (exact) mass is 750 g/mol. The standard InChI is InChI=1S/C40H50N2O12/c1-25(4-17-36(43)50-22-23-51-37(44)52-29-10-6-27(7-11-29)41(46)47)33-15-16-34-32-14-5-26-24-31(18-20-39(26,2)35(32)19-21-40(33,34)3)54-38(45)53-30-12-8-28(9-13-30)42(48)49/h6-13,25-26,31-35H,4-5,14-24H2,1-3H3/t25-,26-,31-,32+,33-,34+,35+,39+,40-/m1/s1. The highest BCUT2D eigenvalue weighted by atomic mass is 16.7. The van der Waals surface area contributed by atoms with Crippen LogP contribution in [-0.2, 0) is 19.0 Å². The number of fused-ring (bicyclic) bond motifs is 5. The van der Waals surface area contributed by atoms with Gasteiger partial charge in [0.05, 0.1) is 9.85 Å². The quantitative estimate of drug-likeness (QED) is 0.0501. The Hall–Kier alpha value is -4.75. The first-order valence-corrected chi connectivity index (χ1v) is 19.1. The topological polar surface area (TPSA) is 184 Å². The van der Waals surface area contributed by atoms with Gasteiger partial charge in [-0.1, -0.05) is 20.8 Å². The van der Waals surface area contributed by atoms with Crippen molar-refractivity contribution >= 4 is 29.7 Å². The number of nitro benzene ring substituents is 2. The van der Waals surface area contributed by atoms with Crippen LogP contribution in [-0.4, -0.2) is 47.4 Å². The normalized spacial score (nSPS) is 30.4. The third kappa shape index (κ3) is 8.47. The molecular formula is C40H50N2O12. The summed E-state index contributed by atoms with van der Waals surface area (Å²) in [4.78, 5) is 57.8. The number of ether oxygens (including phenoxy) is 5. The highest BCUT2D eigenvalue weighted by Crippen LogP contribution is 2.68. The van der Waals surface area contributed by atoms with Crippen LogP contribution in [0.4, 0.5) is 21.0 Å². The second-order valence-corrected chi connectivity index (χ2v) is 16.2. The Balaban J connectivity index is 0.924. The lowest BCUT2D eigenvalue weighted by atomic mass is 9.44. The van der Waals surface area contributed by atoms with E-state index in [1.807, 2.05) is 0 Å². The molecule has 0 saturated heterocycles. The number of esters is 1. The lowest BCUT2D eigenvalue weighted by Gasteiger charge is -2.61. The Morgan fingerprint density at radius 3 is 1.94 bits per heavy atom. The van der Waals surface area contributed by atoms with Gasteiger partial charge in [0.25, 0.3) is 11.4 Å². The Morgan fingerprint density at radius 1 is 0.741 bits per heavy atom. The largest absolute Gasteiger partial charge is 0.514 e. The fourth-order valence-corrected chi connectivity index (χ4v) is 10.9. The summed E-state index contributed by atoms with van der Waals surface area (Å²) in [6, 6.07) is 10.4. The van der Waals surface area contributed by atoms with Crippen LogP contribution in [0, 0.1) is 66.6 Å². The zero-order valence-corrected chi connectivity index (χ0v) is 31.1. The number of hydrogen-bond acceptors (Lipinski definition) is 12. The van der Waals surface area contributed by atoms with Crippen molar-refractivity contribution in [1.82, 2.24) is 0 Å². The molecule has 2 aromatic carbocycles. The van der Waals surface area contributed by atoms with E-state index in [0.29, 0.717) is 41.9 Å². The molecule has 4 aliphatic carbocycles. The van der Waals surface area contributed by atoms with E-state index < -0.39 is 22.2 Å². The van der Waals surface area contributed by atoms with E-state index in [1.54, 1.807) is 0 Å². The molecule has 4 aliphatic rings. The Bertz CT molecular complexity index is 1700. The maximum atomic E-state index is 12.6. The Kier molecular flexibility index (Phi) is 11.8. The number of nitrogens with zero attached hydrogens (tertiary/aromatic N) is 2. The van der Waals surface area contributed by atoms with Gasteiger partial charge in [-0.25, -0.2) is 9.59 Å². The second-order valence-electron chi connectivity index (χ2n) is 16.2. The minimum atomic E-state index is -0.989. The van der Waals surface area contributed by atoms with Crippen molar-refractivity contribution in [2.45, 2.75) is 97.5 Å². The number of carbonyl (C=O) groups excluding carboxylic acids is 3. The zero-order valence-electron chi connectivity index (χ0n) is 31.1. The smallest absolute Gasteiger partial charge is 0.462 e. The van der Waals surface area contributed by atoms with Gasteiger partial charge in [-0.15, -0.1) is 0 Å². The van der Waals surface area contributed by atoms with Crippen molar-refractivity contribution in [3.8, 4) is 11.5 Å². The number of carbonyl (C=O) groups is 3. The SMILES string of the molecule is C[C@H](CCC(=O)OCCOC(=O)Oc1ccc([N+](=O)[O-])cc1)[C@H]1CC[C@H]2[C@@H]3CC[C@@H]4C[C@H](OC(=O)Oc5ccc([N+](=O)[O-])cc5)CC[C@]4(C)[C@H]3CC[C@]12C. The molecule has 0 unspecified atom stereocenters. The van der Waals surface area contributed by atoms with Crippen LogP contribution in [0.5, 0.6) is 11.5 Å². The molecule has 0 amide bonds. The predicted octanol–water partition coefficient (Wildman–Crippen LogP) is 9.22. The van der Waals surface area contributed by atoms with Gasteiger partial charge in [0.15, 0.2) is 0 Å². The predicted molar refractivity (Wildman–Crippen MR) is 194 cm³/mol. The molecule has 6 rings (SSSR count). The van der Waals surface area contributed by atoms with Gasteiger partial charge >= 0.3 is 18.3 Å². The van der Waals surface area contributed by atoms with Crippen LogP contribution in [0.1, 0.15) is 91.4 Å². The molecular weight excluding hydrogens is 700 g/mol. The first kappa shape index (κ1) is 39.0. The molecule has 0 aliphatic heterocycles. The average molecular weight is 751 g/mol. The van der Waals surface area contributed by atoms with E-state index in [2.05, 4.69) is 20.8 Å². The first-order chi connectivity index (χ1) is 25.8. The summed E-state index contributed by atoms with van der Waals surface area (Å²) < 4.78 is 26.4. The minimum absolute atomic E-state index is 0.0738. The summed E-state index contributed by atoms with van der Waals surface area (Å²) in [5, 5.41) is 21.7. The molecule has 9 atom stereocenters.